The molecule has 21 heavy (non-hydrogen) atoms. The van der Waals surface area contributed by atoms with Crippen LogP contribution in [0.25, 0.3) is 0 Å². The zero-order valence-corrected chi connectivity index (χ0v) is 13.7. The molecule has 0 unspecified atom stereocenters. The van der Waals surface area contributed by atoms with E-state index in [4.69, 9.17) is 14.6 Å². The highest BCUT2D eigenvalue weighted by molar-refractivity contribution is 5.27. The molecule has 0 aromatic carbocycles. The van der Waals surface area contributed by atoms with Gasteiger partial charge in [0.25, 0.3) is 0 Å². The molecule has 1 saturated heterocycles. The van der Waals surface area contributed by atoms with Crippen molar-refractivity contribution in [2.45, 2.75) is 52.1 Å². The van der Waals surface area contributed by atoms with E-state index in [1.807, 2.05) is 0 Å². The van der Waals surface area contributed by atoms with Gasteiger partial charge in [-0.2, -0.15) is 5.10 Å². The summed E-state index contributed by atoms with van der Waals surface area (Å²) in [6, 6.07) is 0.506. The molecule has 120 valence electrons. The van der Waals surface area contributed by atoms with Crippen molar-refractivity contribution >= 4 is 0 Å². The third-order valence-electron chi connectivity index (χ3n) is 4.19. The Hall–Kier alpha value is -0.910. The van der Waals surface area contributed by atoms with Gasteiger partial charge >= 0.3 is 0 Å². The summed E-state index contributed by atoms with van der Waals surface area (Å²) < 4.78 is 12.9. The molecular formula is C16H29N3O2. The first-order valence-corrected chi connectivity index (χ1v) is 8.18. The average molecular weight is 295 g/mol. The minimum Gasteiger partial charge on any atom is -0.383 e. The quantitative estimate of drug-likeness (QED) is 0.746. The maximum atomic E-state index is 5.48. The molecule has 1 aliphatic heterocycles. The van der Waals surface area contributed by atoms with Crippen molar-refractivity contribution in [3.8, 4) is 0 Å². The van der Waals surface area contributed by atoms with Crippen molar-refractivity contribution in [2.75, 3.05) is 33.5 Å². The molecule has 2 heterocycles. The van der Waals surface area contributed by atoms with Gasteiger partial charge in [0.05, 0.1) is 18.3 Å². The van der Waals surface area contributed by atoms with Gasteiger partial charge in [-0.3, -0.25) is 4.68 Å². The predicted octanol–water partition coefficient (Wildman–Crippen LogP) is 2.10. The lowest BCUT2D eigenvalue weighted by Gasteiger charge is -2.24. The first-order chi connectivity index (χ1) is 10.3. The third kappa shape index (κ3) is 4.05. The van der Waals surface area contributed by atoms with E-state index in [0.29, 0.717) is 6.04 Å². The summed E-state index contributed by atoms with van der Waals surface area (Å²) in [7, 11) is 1.74. The number of rotatable bonds is 8. The Balaban J connectivity index is 2.15. The molecule has 5 nitrogen and oxygen atoms in total. The molecular weight excluding hydrogens is 266 g/mol. The van der Waals surface area contributed by atoms with Crippen LogP contribution in [0.2, 0.25) is 0 Å². The Kier molecular flexibility index (Phi) is 6.67. The normalized spacial score (nSPS) is 16.5. The minimum atomic E-state index is 0.506. The summed E-state index contributed by atoms with van der Waals surface area (Å²) in [4.78, 5) is 0. The van der Waals surface area contributed by atoms with Crippen molar-refractivity contribution < 1.29 is 9.47 Å². The van der Waals surface area contributed by atoms with Crippen molar-refractivity contribution in [3.63, 3.8) is 0 Å². The number of ether oxygens (including phenoxy) is 2. The molecule has 0 aliphatic carbocycles. The Morgan fingerprint density at radius 1 is 1.29 bits per heavy atom. The van der Waals surface area contributed by atoms with E-state index >= 15 is 0 Å². The smallest absolute Gasteiger partial charge is 0.0669 e. The summed E-state index contributed by atoms with van der Waals surface area (Å²) in [5, 5.41) is 8.38. The SMILES string of the molecule is CCc1nn(C2CCOCC2)c(CC)c1CNCCOC. The molecule has 0 atom stereocenters. The van der Waals surface area contributed by atoms with E-state index < -0.39 is 0 Å². The van der Waals surface area contributed by atoms with Crippen LogP contribution in [-0.4, -0.2) is 43.3 Å². The van der Waals surface area contributed by atoms with Crippen molar-refractivity contribution in [2.24, 2.45) is 0 Å². The fourth-order valence-corrected chi connectivity index (χ4v) is 3.04. The van der Waals surface area contributed by atoms with Crippen molar-refractivity contribution in [1.29, 1.82) is 0 Å². The van der Waals surface area contributed by atoms with Crippen LogP contribution in [0.1, 0.15) is 49.7 Å². The van der Waals surface area contributed by atoms with Crippen molar-refractivity contribution in [3.05, 3.63) is 17.0 Å². The Morgan fingerprint density at radius 3 is 2.67 bits per heavy atom. The zero-order valence-electron chi connectivity index (χ0n) is 13.7. The number of methoxy groups -OCH3 is 1. The van der Waals surface area contributed by atoms with Crippen LogP contribution < -0.4 is 5.32 Å². The molecule has 1 aromatic rings. The zero-order chi connectivity index (χ0) is 15.1. The van der Waals surface area contributed by atoms with Crippen LogP contribution in [0.4, 0.5) is 0 Å². The molecule has 5 heteroatoms. The fourth-order valence-electron chi connectivity index (χ4n) is 3.04. The highest BCUT2D eigenvalue weighted by atomic mass is 16.5. The molecule has 0 amide bonds. The number of hydrogen-bond acceptors (Lipinski definition) is 4. The summed E-state index contributed by atoms with van der Waals surface area (Å²) in [5.41, 5.74) is 4.02. The van der Waals surface area contributed by atoms with Gasteiger partial charge in [-0.1, -0.05) is 13.8 Å². The second kappa shape index (κ2) is 8.51. The summed E-state index contributed by atoms with van der Waals surface area (Å²) in [5.74, 6) is 0. The van der Waals surface area contributed by atoms with Crippen LogP contribution in [0.3, 0.4) is 0 Å². The van der Waals surface area contributed by atoms with Crippen LogP contribution in [0, 0.1) is 0 Å². The molecule has 1 fully saturated rings. The standard InChI is InChI=1S/C16H29N3O2/c1-4-15-14(12-17-8-11-20-3)16(5-2)19(18-15)13-6-9-21-10-7-13/h13,17H,4-12H2,1-3H3. The Bertz CT molecular complexity index is 425. The van der Waals surface area contributed by atoms with Crippen LogP contribution in [-0.2, 0) is 28.9 Å². The first-order valence-electron chi connectivity index (χ1n) is 8.18. The predicted molar refractivity (Wildman–Crippen MR) is 83.7 cm³/mol. The molecule has 0 bridgehead atoms. The number of aromatic nitrogens is 2. The van der Waals surface area contributed by atoms with Crippen LogP contribution in [0.15, 0.2) is 0 Å². The second-order valence-corrected chi connectivity index (χ2v) is 5.54. The highest BCUT2D eigenvalue weighted by Crippen LogP contribution is 2.26. The van der Waals surface area contributed by atoms with Gasteiger partial charge in [-0.15, -0.1) is 0 Å². The van der Waals surface area contributed by atoms with E-state index in [1.165, 1.54) is 17.0 Å². The molecule has 0 saturated carbocycles. The summed E-state index contributed by atoms with van der Waals surface area (Å²) in [6.45, 7) is 8.65. The number of aryl methyl sites for hydroxylation is 1. The van der Waals surface area contributed by atoms with Gasteiger partial charge in [-0.25, -0.2) is 0 Å². The van der Waals surface area contributed by atoms with E-state index in [2.05, 4.69) is 23.8 Å². The molecule has 1 aromatic heterocycles. The molecule has 2 rings (SSSR count). The fraction of sp³-hybridized carbons (Fsp3) is 0.812. The van der Waals surface area contributed by atoms with E-state index in [9.17, 15) is 0 Å². The van der Waals surface area contributed by atoms with Gasteiger partial charge in [0.2, 0.25) is 0 Å². The Morgan fingerprint density at radius 2 is 2.05 bits per heavy atom. The van der Waals surface area contributed by atoms with Gasteiger partial charge in [0.15, 0.2) is 0 Å². The summed E-state index contributed by atoms with van der Waals surface area (Å²) in [6.07, 6.45) is 4.18. The van der Waals surface area contributed by atoms with E-state index in [0.717, 1.165) is 58.6 Å². The third-order valence-corrected chi connectivity index (χ3v) is 4.19. The van der Waals surface area contributed by atoms with E-state index in [1.54, 1.807) is 7.11 Å². The topological polar surface area (TPSA) is 48.3 Å². The van der Waals surface area contributed by atoms with Gasteiger partial charge < -0.3 is 14.8 Å². The highest BCUT2D eigenvalue weighted by Gasteiger charge is 2.22. The lowest BCUT2D eigenvalue weighted by atomic mass is 10.1. The van der Waals surface area contributed by atoms with Crippen LogP contribution >= 0.6 is 0 Å². The molecule has 0 spiro atoms. The van der Waals surface area contributed by atoms with E-state index in [-0.39, 0.29) is 0 Å². The summed E-state index contributed by atoms with van der Waals surface area (Å²) >= 11 is 0. The monoisotopic (exact) mass is 295 g/mol. The van der Waals surface area contributed by atoms with Crippen LogP contribution in [0.5, 0.6) is 0 Å². The molecule has 1 aliphatic rings. The number of nitrogens with one attached hydrogen (secondary N) is 1. The second-order valence-electron chi connectivity index (χ2n) is 5.54. The lowest BCUT2D eigenvalue weighted by Crippen LogP contribution is -2.23. The maximum absolute atomic E-state index is 5.48. The maximum Gasteiger partial charge on any atom is 0.0669 e. The van der Waals surface area contributed by atoms with Gasteiger partial charge in [-0.05, 0) is 25.7 Å². The number of hydrogen-bond donors (Lipinski definition) is 1. The number of nitrogens with zero attached hydrogens (tertiary/aromatic N) is 2. The minimum absolute atomic E-state index is 0.506. The first kappa shape index (κ1) is 16.5. The molecule has 1 N–H and O–H groups in total. The largest absolute Gasteiger partial charge is 0.383 e. The molecule has 0 radical (unpaired) electrons. The van der Waals surface area contributed by atoms with Gasteiger partial charge in [0.1, 0.15) is 0 Å². The van der Waals surface area contributed by atoms with Gasteiger partial charge in [0, 0.05) is 44.7 Å². The van der Waals surface area contributed by atoms with Crippen molar-refractivity contribution in [1.82, 2.24) is 15.1 Å². The lowest BCUT2D eigenvalue weighted by molar-refractivity contribution is 0.0653. The Labute approximate surface area is 128 Å². The average Bonchev–Trinajstić information content (AvgIpc) is 2.90.